The monoisotopic (exact) mass is 462 g/mol. The molecule has 0 aromatic carbocycles. The Morgan fingerprint density at radius 3 is 1.22 bits per heavy atom. The van der Waals surface area contributed by atoms with Gasteiger partial charge in [-0.05, 0) is 6.42 Å². The van der Waals surface area contributed by atoms with Crippen molar-refractivity contribution in [2.24, 2.45) is 0 Å². The molecule has 0 aliphatic rings. The van der Waals surface area contributed by atoms with Gasteiger partial charge in [0.1, 0.15) is 0 Å². The summed E-state index contributed by atoms with van der Waals surface area (Å²) >= 11 is 0. The normalized spacial score (nSPS) is 11.2. The largest absolute Gasteiger partial charge is 0.469 e. The fourth-order valence-electron chi connectivity index (χ4n) is 3.11. The van der Waals surface area contributed by atoms with Crippen molar-refractivity contribution in [3.8, 4) is 0 Å². The lowest BCUT2D eigenvalue weighted by Crippen LogP contribution is -2.14. The number of hydrogen-bond donors (Lipinski definition) is 0. The van der Waals surface area contributed by atoms with E-state index in [4.69, 9.17) is 23.7 Å². The van der Waals surface area contributed by atoms with Gasteiger partial charge in [0.05, 0.1) is 73.0 Å². The summed E-state index contributed by atoms with van der Waals surface area (Å²) in [5.74, 6) is -0.266. The number of rotatable bonds is 27. The SMILES string of the molecule is CCCCCCCCCCCCCOCCOCCOCCOCCOCCC(=O)OC. The molecule has 0 unspecified atom stereocenters. The van der Waals surface area contributed by atoms with Gasteiger partial charge in [0.25, 0.3) is 0 Å². The Bertz CT molecular complexity index is 366. The van der Waals surface area contributed by atoms with Crippen LogP contribution in [0.5, 0.6) is 0 Å². The van der Waals surface area contributed by atoms with E-state index in [1.165, 1.54) is 71.3 Å². The molecule has 0 aliphatic carbocycles. The van der Waals surface area contributed by atoms with Crippen LogP contribution in [0.25, 0.3) is 0 Å². The van der Waals surface area contributed by atoms with E-state index in [2.05, 4.69) is 11.7 Å². The van der Waals surface area contributed by atoms with Crippen LogP contribution >= 0.6 is 0 Å². The zero-order chi connectivity index (χ0) is 23.4. The summed E-state index contributed by atoms with van der Waals surface area (Å²) in [6, 6.07) is 0. The van der Waals surface area contributed by atoms with E-state index in [1.54, 1.807) is 0 Å². The Labute approximate surface area is 196 Å². The van der Waals surface area contributed by atoms with Gasteiger partial charge in [0.15, 0.2) is 0 Å². The zero-order valence-corrected chi connectivity index (χ0v) is 20.9. The Balaban J connectivity index is 3.02. The van der Waals surface area contributed by atoms with Crippen LogP contribution in [0.1, 0.15) is 84.0 Å². The molecular weight excluding hydrogens is 412 g/mol. The molecule has 0 amide bonds. The smallest absolute Gasteiger partial charge is 0.307 e. The van der Waals surface area contributed by atoms with Crippen molar-refractivity contribution >= 4 is 5.97 Å². The zero-order valence-electron chi connectivity index (χ0n) is 20.9. The van der Waals surface area contributed by atoms with Crippen LogP contribution in [-0.2, 0) is 33.2 Å². The topological polar surface area (TPSA) is 72.5 Å². The number of esters is 1. The minimum Gasteiger partial charge on any atom is -0.469 e. The molecule has 32 heavy (non-hydrogen) atoms. The molecule has 7 heteroatoms. The van der Waals surface area contributed by atoms with Crippen molar-refractivity contribution < 1.29 is 33.2 Å². The summed E-state index contributed by atoms with van der Waals surface area (Å²) < 4.78 is 31.7. The van der Waals surface area contributed by atoms with Crippen LogP contribution in [0.4, 0.5) is 0 Å². The summed E-state index contributed by atoms with van der Waals surface area (Å²) in [7, 11) is 1.37. The third kappa shape index (κ3) is 27.3. The van der Waals surface area contributed by atoms with Crippen molar-refractivity contribution in [1.29, 1.82) is 0 Å². The van der Waals surface area contributed by atoms with Crippen molar-refractivity contribution in [3.63, 3.8) is 0 Å². The first-order valence-electron chi connectivity index (χ1n) is 12.8. The van der Waals surface area contributed by atoms with Crippen LogP contribution in [0, 0.1) is 0 Å². The molecule has 0 saturated carbocycles. The van der Waals surface area contributed by atoms with Crippen molar-refractivity contribution in [2.45, 2.75) is 84.0 Å². The maximum Gasteiger partial charge on any atom is 0.307 e. The average molecular weight is 463 g/mol. The lowest BCUT2D eigenvalue weighted by Gasteiger charge is -2.08. The fourth-order valence-corrected chi connectivity index (χ4v) is 3.11. The summed E-state index contributed by atoms with van der Waals surface area (Å²) in [6.07, 6.45) is 15.2. The van der Waals surface area contributed by atoms with E-state index in [0.29, 0.717) is 59.5 Å². The highest BCUT2D eigenvalue weighted by molar-refractivity contribution is 5.69. The first-order chi connectivity index (χ1) is 15.8. The van der Waals surface area contributed by atoms with Crippen molar-refractivity contribution in [2.75, 3.05) is 73.2 Å². The Morgan fingerprint density at radius 1 is 0.469 bits per heavy atom. The average Bonchev–Trinajstić information content (AvgIpc) is 2.81. The lowest BCUT2D eigenvalue weighted by atomic mass is 10.1. The molecule has 0 radical (unpaired) electrons. The first-order valence-corrected chi connectivity index (χ1v) is 12.8. The maximum atomic E-state index is 10.9. The van der Waals surface area contributed by atoms with Crippen LogP contribution in [-0.4, -0.2) is 79.1 Å². The van der Waals surface area contributed by atoms with Crippen LogP contribution in [0.15, 0.2) is 0 Å². The van der Waals surface area contributed by atoms with Crippen molar-refractivity contribution in [3.05, 3.63) is 0 Å². The second-order valence-electron chi connectivity index (χ2n) is 7.92. The summed E-state index contributed by atoms with van der Waals surface area (Å²) in [6.45, 7) is 7.83. The van der Waals surface area contributed by atoms with Gasteiger partial charge < -0.3 is 28.4 Å². The molecule has 0 aromatic heterocycles. The van der Waals surface area contributed by atoms with E-state index in [9.17, 15) is 4.79 Å². The van der Waals surface area contributed by atoms with Gasteiger partial charge in [-0.1, -0.05) is 71.1 Å². The minimum absolute atomic E-state index is 0.266. The molecule has 0 saturated heterocycles. The molecule has 0 aliphatic heterocycles. The van der Waals surface area contributed by atoms with E-state index in [0.717, 1.165) is 13.0 Å². The third-order valence-corrected chi connectivity index (χ3v) is 5.06. The minimum atomic E-state index is -0.266. The van der Waals surface area contributed by atoms with Gasteiger partial charge >= 0.3 is 5.97 Å². The molecule has 0 heterocycles. The summed E-state index contributed by atoms with van der Waals surface area (Å²) in [4.78, 5) is 10.9. The maximum absolute atomic E-state index is 10.9. The number of unbranched alkanes of at least 4 members (excludes halogenated alkanes) is 10. The van der Waals surface area contributed by atoms with Crippen LogP contribution < -0.4 is 0 Å². The van der Waals surface area contributed by atoms with Gasteiger partial charge in [0, 0.05) is 6.61 Å². The number of ether oxygens (including phenoxy) is 6. The predicted octanol–water partition coefficient (Wildman–Crippen LogP) is 4.94. The highest BCUT2D eigenvalue weighted by Gasteiger charge is 1.99. The molecule has 0 aromatic rings. The second kappa shape index (κ2) is 28.3. The molecule has 192 valence electrons. The number of hydrogen-bond acceptors (Lipinski definition) is 7. The molecule has 0 bridgehead atoms. The van der Waals surface area contributed by atoms with Gasteiger partial charge in [-0.2, -0.15) is 0 Å². The van der Waals surface area contributed by atoms with Gasteiger partial charge in [0.2, 0.25) is 0 Å². The number of carbonyl (C=O) groups is 1. The predicted molar refractivity (Wildman–Crippen MR) is 127 cm³/mol. The Morgan fingerprint density at radius 2 is 0.812 bits per heavy atom. The van der Waals surface area contributed by atoms with E-state index in [-0.39, 0.29) is 12.4 Å². The van der Waals surface area contributed by atoms with Gasteiger partial charge in [-0.15, -0.1) is 0 Å². The second-order valence-corrected chi connectivity index (χ2v) is 7.92. The van der Waals surface area contributed by atoms with E-state index in [1.807, 2.05) is 0 Å². The lowest BCUT2D eigenvalue weighted by molar-refractivity contribution is -0.141. The van der Waals surface area contributed by atoms with Gasteiger partial charge in [-0.25, -0.2) is 0 Å². The van der Waals surface area contributed by atoms with Crippen molar-refractivity contribution in [1.82, 2.24) is 0 Å². The highest BCUT2D eigenvalue weighted by atomic mass is 16.6. The number of carbonyl (C=O) groups excluding carboxylic acids is 1. The molecule has 0 N–H and O–H groups in total. The van der Waals surface area contributed by atoms with E-state index < -0.39 is 0 Å². The fraction of sp³-hybridized carbons (Fsp3) is 0.960. The highest BCUT2D eigenvalue weighted by Crippen LogP contribution is 2.11. The molecule has 7 nitrogen and oxygen atoms in total. The molecular formula is C25H50O7. The first kappa shape index (κ1) is 31.3. The van der Waals surface area contributed by atoms with Crippen LogP contribution in [0.2, 0.25) is 0 Å². The Hall–Kier alpha value is -0.730. The Kier molecular flexibility index (Phi) is 27.7. The molecule has 0 rings (SSSR count). The summed E-state index contributed by atoms with van der Waals surface area (Å²) in [5, 5.41) is 0. The summed E-state index contributed by atoms with van der Waals surface area (Å²) in [5.41, 5.74) is 0. The number of methoxy groups -OCH3 is 1. The molecule has 0 atom stereocenters. The molecule has 0 spiro atoms. The van der Waals surface area contributed by atoms with E-state index >= 15 is 0 Å². The van der Waals surface area contributed by atoms with Crippen LogP contribution in [0.3, 0.4) is 0 Å². The van der Waals surface area contributed by atoms with Gasteiger partial charge in [-0.3, -0.25) is 4.79 Å². The third-order valence-electron chi connectivity index (χ3n) is 5.06. The molecule has 0 fully saturated rings. The standard InChI is InChI=1S/C25H50O7/c1-3-4-5-6-7-8-9-10-11-12-13-15-28-17-19-30-21-23-32-24-22-31-20-18-29-16-14-25(26)27-2/h3-24H2,1-2H3. The quantitative estimate of drug-likeness (QED) is 0.126.